The monoisotopic (exact) mass is 346 g/mol. The number of nitrogens with zero attached hydrogens (tertiary/aromatic N) is 5. The number of likely N-dealkylation sites (N-methyl/N-ethyl adjacent to an activating group) is 1. The number of hydrogen-bond donors (Lipinski definition) is 1. The highest BCUT2D eigenvalue weighted by molar-refractivity contribution is 6.06. The molecule has 2 saturated heterocycles. The zero-order valence-electron chi connectivity index (χ0n) is 15.3. The lowest BCUT2D eigenvalue weighted by atomic mass is 9.85. The summed E-state index contributed by atoms with van der Waals surface area (Å²) in [6, 6.07) is 1.71. The van der Waals surface area contributed by atoms with E-state index in [4.69, 9.17) is 5.73 Å². The van der Waals surface area contributed by atoms with E-state index in [1.807, 2.05) is 13.0 Å². The first-order valence-electron chi connectivity index (χ1n) is 8.70. The molecule has 136 valence electrons. The number of imide groups is 1. The van der Waals surface area contributed by atoms with E-state index in [1.165, 1.54) is 4.90 Å². The maximum atomic E-state index is 12.8. The lowest BCUT2D eigenvalue weighted by molar-refractivity contribution is -0.133. The van der Waals surface area contributed by atoms with Crippen LogP contribution in [0, 0.1) is 12.8 Å². The van der Waals surface area contributed by atoms with Gasteiger partial charge in [-0.15, -0.1) is 0 Å². The third-order valence-electron chi connectivity index (χ3n) is 5.06. The number of piperidine rings is 1. The highest BCUT2D eigenvalue weighted by Crippen LogP contribution is 2.38. The van der Waals surface area contributed by atoms with Crippen molar-refractivity contribution in [3.05, 3.63) is 11.8 Å². The number of nitrogen functional groups attached to an aromatic ring is 1. The van der Waals surface area contributed by atoms with Gasteiger partial charge in [-0.2, -0.15) is 4.98 Å². The van der Waals surface area contributed by atoms with E-state index in [9.17, 15) is 9.59 Å². The average Bonchev–Trinajstić information content (AvgIpc) is 2.71. The second-order valence-electron chi connectivity index (χ2n) is 7.40. The van der Waals surface area contributed by atoms with Gasteiger partial charge in [0.25, 0.3) is 5.91 Å². The van der Waals surface area contributed by atoms with Crippen molar-refractivity contribution in [3.8, 4) is 0 Å². The van der Waals surface area contributed by atoms with Gasteiger partial charge in [0.1, 0.15) is 11.4 Å². The van der Waals surface area contributed by atoms with Gasteiger partial charge < -0.3 is 15.5 Å². The number of carbonyl (C=O) groups excluding carboxylic acids is 2. The van der Waals surface area contributed by atoms with Crippen molar-refractivity contribution >= 4 is 23.7 Å². The molecule has 2 N–H and O–H groups in total. The molecule has 25 heavy (non-hydrogen) atoms. The molecule has 2 fully saturated rings. The fraction of sp³-hybridized carbons (Fsp3) is 0.647. The number of amides is 3. The summed E-state index contributed by atoms with van der Waals surface area (Å²) in [6.45, 7) is 7.89. The van der Waals surface area contributed by atoms with Gasteiger partial charge in [0.2, 0.25) is 5.95 Å². The number of aryl methyl sites for hydroxylation is 1. The molecule has 3 heterocycles. The first-order valence-corrected chi connectivity index (χ1v) is 8.70. The molecule has 8 heteroatoms. The van der Waals surface area contributed by atoms with Crippen LogP contribution in [-0.2, 0) is 4.79 Å². The minimum absolute atomic E-state index is 0.0869. The highest BCUT2D eigenvalue weighted by atomic mass is 16.2. The van der Waals surface area contributed by atoms with Crippen LogP contribution in [0.25, 0.3) is 0 Å². The van der Waals surface area contributed by atoms with Gasteiger partial charge in [0.05, 0.1) is 0 Å². The Hall–Kier alpha value is -2.38. The summed E-state index contributed by atoms with van der Waals surface area (Å²) in [5.74, 6) is 1.25. The fourth-order valence-electron chi connectivity index (χ4n) is 3.82. The van der Waals surface area contributed by atoms with Crippen LogP contribution in [0.1, 0.15) is 32.4 Å². The van der Waals surface area contributed by atoms with Gasteiger partial charge in [-0.25, -0.2) is 9.78 Å². The van der Waals surface area contributed by atoms with Crippen LogP contribution in [0.5, 0.6) is 0 Å². The number of aromatic nitrogens is 2. The molecule has 2 aliphatic heterocycles. The Kier molecular flexibility index (Phi) is 4.30. The number of anilines is 2. The summed E-state index contributed by atoms with van der Waals surface area (Å²) in [7, 11) is 1.58. The zero-order valence-corrected chi connectivity index (χ0v) is 15.3. The number of nitrogens with two attached hydrogens (primary N) is 1. The molecule has 2 aliphatic rings. The van der Waals surface area contributed by atoms with Crippen LogP contribution >= 0.6 is 0 Å². The van der Waals surface area contributed by atoms with Crippen LogP contribution in [0.3, 0.4) is 0 Å². The lowest BCUT2D eigenvalue weighted by Crippen LogP contribution is -2.57. The molecule has 8 nitrogen and oxygen atoms in total. The summed E-state index contributed by atoms with van der Waals surface area (Å²) in [5.41, 5.74) is 5.85. The molecule has 0 unspecified atom stereocenters. The molecular formula is C17H26N6O2. The highest BCUT2D eigenvalue weighted by Gasteiger charge is 2.56. The van der Waals surface area contributed by atoms with Crippen LogP contribution in [0.4, 0.5) is 16.6 Å². The third kappa shape index (κ3) is 2.89. The summed E-state index contributed by atoms with van der Waals surface area (Å²) < 4.78 is 0. The lowest BCUT2D eigenvalue weighted by Gasteiger charge is -2.43. The zero-order chi connectivity index (χ0) is 18.4. The van der Waals surface area contributed by atoms with E-state index in [0.717, 1.165) is 11.5 Å². The summed E-state index contributed by atoms with van der Waals surface area (Å²) in [4.78, 5) is 38.9. The van der Waals surface area contributed by atoms with Crippen LogP contribution in [0.15, 0.2) is 6.07 Å². The minimum atomic E-state index is -0.722. The molecule has 0 bridgehead atoms. The standard InChI is InChI=1S/C17H26N6O2/c1-11(2)10-23-16(25)21(4)14(24)17(23)5-7-22(8-6-17)13-9-12(3)19-15(18)20-13/h9,11H,5-8,10H2,1-4H3,(H2,18,19,20). The topological polar surface area (TPSA) is 95.7 Å². The normalized spacial score (nSPS) is 20.3. The molecule has 0 aliphatic carbocycles. The number of rotatable bonds is 3. The SMILES string of the molecule is Cc1cc(N2CCC3(CC2)C(=O)N(C)C(=O)N3CC(C)C)nc(N)n1. The van der Waals surface area contributed by atoms with Gasteiger partial charge in [-0.05, 0) is 25.7 Å². The molecule has 1 aromatic heterocycles. The van der Waals surface area contributed by atoms with Crippen molar-refractivity contribution in [3.63, 3.8) is 0 Å². The van der Waals surface area contributed by atoms with Gasteiger partial charge in [-0.3, -0.25) is 9.69 Å². The molecule has 0 atom stereocenters. The Bertz CT molecular complexity index is 676. The number of carbonyl (C=O) groups is 2. The van der Waals surface area contributed by atoms with E-state index in [-0.39, 0.29) is 17.9 Å². The van der Waals surface area contributed by atoms with Crippen molar-refractivity contribution in [1.82, 2.24) is 19.8 Å². The van der Waals surface area contributed by atoms with Crippen LogP contribution < -0.4 is 10.6 Å². The predicted octanol–water partition coefficient (Wildman–Crippen LogP) is 1.26. The second kappa shape index (κ2) is 6.16. The quantitative estimate of drug-likeness (QED) is 0.828. The van der Waals surface area contributed by atoms with Gasteiger partial charge in [-0.1, -0.05) is 13.8 Å². The maximum absolute atomic E-state index is 12.8. The molecule has 3 rings (SSSR count). The Morgan fingerprint density at radius 1 is 1.24 bits per heavy atom. The molecular weight excluding hydrogens is 320 g/mol. The molecule has 0 aromatic carbocycles. The largest absolute Gasteiger partial charge is 0.368 e. The van der Waals surface area contributed by atoms with E-state index >= 15 is 0 Å². The van der Waals surface area contributed by atoms with Gasteiger partial charge in [0.15, 0.2) is 0 Å². The maximum Gasteiger partial charge on any atom is 0.327 e. The molecule has 0 saturated carbocycles. The van der Waals surface area contributed by atoms with Gasteiger partial charge in [0, 0.05) is 38.4 Å². The first kappa shape index (κ1) is 17.4. The molecule has 1 spiro atoms. The van der Waals surface area contributed by atoms with E-state index < -0.39 is 5.54 Å². The van der Waals surface area contributed by atoms with Crippen LogP contribution in [-0.4, -0.2) is 63.9 Å². The third-order valence-corrected chi connectivity index (χ3v) is 5.06. The van der Waals surface area contributed by atoms with Crippen LogP contribution in [0.2, 0.25) is 0 Å². The second-order valence-corrected chi connectivity index (χ2v) is 7.40. The smallest absolute Gasteiger partial charge is 0.327 e. The Labute approximate surface area is 148 Å². The summed E-state index contributed by atoms with van der Waals surface area (Å²) in [5, 5.41) is 0. The minimum Gasteiger partial charge on any atom is -0.368 e. The van der Waals surface area contributed by atoms with Crippen molar-refractivity contribution in [1.29, 1.82) is 0 Å². The van der Waals surface area contributed by atoms with Gasteiger partial charge >= 0.3 is 6.03 Å². The Balaban J connectivity index is 1.83. The first-order chi connectivity index (χ1) is 11.7. The van der Waals surface area contributed by atoms with E-state index in [2.05, 4.69) is 28.7 Å². The van der Waals surface area contributed by atoms with E-state index in [0.29, 0.717) is 38.4 Å². The van der Waals surface area contributed by atoms with Crippen molar-refractivity contribution in [2.75, 3.05) is 37.3 Å². The number of urea groups is 1. The fourth-order valence-corrected chi connectivity index (χ4v) is 3.82. The van der Waals surface area contributed by atoms with E-state index in [1.54, 1.807) is 11.9 Å². The number of hydrogen-bond acceptors (Lipinski definition) is 6. The van der Waals surface area contributed by atoms with Crippen molar-refractivity contribution in [2.24, 2.45) is 5.92 Å². The Morgan fingerprint density at radius 3 is 2.44 bits per heavy atom. The average molecular weight is 346 g/mol. The van der Waals surface area contributed by atoms with Crippen molar-refractivity contribution in [2.45, 2.75) is 39.2 Å². The Morgan fingerprint density at radius 2 is 1.88 bits per heavy atom. The summed E-state index contributed by atoms with van der Waals surface area (Å²) >= 11 is 0. The predicted molar refractivity (Wildman–Crippen MR) is 95.1 cm³/mol. The molecule has 3 amide bonds. The summed E-state index contributed by atoms with van der Waals surface area (Å²) in [6.07, 6.45) is 1.19. The molecule has 1 aromatic rings. The van der Waals surface area contributed by atoms with Crippen molar-refractivity contribution < 1.29 is 9.59 Å². The molecule has 0 radical (unpaired) electrons.